The summed E-state index contributed by atoms with van der Waals surface area (Å²) >= 11 is 0. The SMILES string of the molecule is O=C1CCC(C(C2=C(c3ccccc3)NC(=O)CC2)c2ccccc2)=C(c2ccccc2)N1. The molecule has 2 N–H and O–H groups in total. The molecule has 0 bridgehead atoms. The first kappa shape index (κ1) is 21.0. The van der Waals surface area contributed by atoms with Crippen molar-refractivity contribution in [3.8, 4) is 0 Å². The Balaban J connectivity index is 1.76. The summed E-state index contributed by atoms with van der Waals surface area (Å²) in [6, 6.07) is 30.5. The Morgan fingerprint density at radius 1 is 0.515 bits per heavy atom. The maximum atomic E-state index is 12.4. The molecule has 4 heteroatoms. The van der Waals surface area contributed by atoms with Crippen LogP contribution in [-0.4, -0.2) is 11.8 Å². The van der Waals surface area contributed by atoms with Crippen molar-refractivity contribution in [3.05, 3.63) is 119 Å². The number of hydrogen-bond acceptors (Lipinski definition) is 2. The lowest BCUT2D eigenvalue weighted by Gasteiger charge is -2.33. The predicted molar refractivity (Wildman–Crippen MR) is 131 cm³/mol. The van der Waals surface area contributed by atoms with Crippen molar-refractivity contribution in [2.24, 2.45) is 0 Å². The minimum atomic E-state index is -0.0437. The van der Waals surface area contributed by atoms with E-state index in [1.165, 1.54) is 11.1 Å². The summed E-state index contributed by atoms with van der Waals surface area (Å²) in [5.41, 5.74) is 7.32. The molecule has 0 radical (unpaired) electrons. The number of allylic oxidation sites excluding steroid dienone is 2. The summed E-state index contributed by atoms with van der Waals surface area (Å²) in [6.45, 7) is 0. The van der Waals surface area contributed by atoms with E-state index >= 15 is 0 Å². The number of nitrogens with one attached hydrogen (secondary N) is 2. The molecule has 2 aliphatic rings. The summed E-state index contributed by atoms with van der Waals surface area (Å²) in [7, 11) is 0. The summed E-state index contributed by atoms with van der Waals surface area (Å²) in [4.78, 5) is 24.9. The lowest BCUT2D eigenvalue weighted by molar-refractivity contribution is -0.120. The second-order valence-corrected chi connectivity index (χ2v) is 8.47. The third-order valence-electron chi connectivity index (χ3n) is 6.37. The first-order valence-electron chi connectivity index (χ1n) is 11.4. The molecule has 0 fully saturated rings. The second-order valence-electron chi connectivity index (χ2n) is 8.47. The van der Waals surface area contributed by atoms with Gasteiger partial charge in [0.05, 0.1) is 0 Å². The number of carbonyl (C=O) groups excluding carboxylic acids is 2. The van der Waals surface area contributed by atoms with Gasteiger partial charge < -0.3 is 10.6 Å². The van der Waals surface area contributed by atoms with Gasteiger partial charge in [0, 0.05) is 30.2 Å². The van der Waals surface area contributed by atoms with E-state index in [2.05, 4.69) is 34.9 Å². The fourth-order valence-corrected chi connectivity index (χ4v) is 4.87. The van der Waals surface area contributed by atoms with Gasteiger partial charge in [0.2, 0.25) is 11.8 Å². The van der Waals surface area contributed by atoms with Gasteiger partial charge in [-0.15, -0.1) is 0 Å². The maximum Gasteiger partial charge on any atom is 0.224 e. The lowest BCUT2D eigenvalue weighted by Crippen LogP contribution is -2.32. The topological polar surface area (TPSA) is 58.2 Å². The quantitative estimate of drug-likeness (QED) is 0.564. The molecule has 5 rings (SSSR count). The van der Waals surface area contributed by atoms with E-state index in [0.29, 0.717) is 25.7 Å². The lowest BCUT2D eigenvalue weighted by atomic mass is 9.75. The number of rotatable bonds is 5. The van der Waals surface area contributed by atoms with Crippen LogP contribution in [0.1, 0.15) is 48.3 Å². The van der Waals surface area contributed by atoms with Crippen LogP contribution in [0, 0.1) is 0 Å². The van der Waals surface area contributed by atoms with E-state index in [4.69, 9.17) is 0 Å². The van der Waals surface area contributed by atoms with E-state index in [-0.39, 0.29) is 17.7 Å². The molecule has 3 aromatic rings. The van der Waals surface area contributed by atoms with Gasteiger partial charge in [0.15, 0.2) is 0 Å². The molecule has 0 spiro atoms. The van der Waals surface area contributed by atoms with Crippen molar-refractivity contribution < 1.29 is 9.59 Å². The van der Waals surface area contributed by atoms with Gasteiger partial charge in [-0.3, -0.25) is 9.59 Å². The van der Waals surface area contributed by atoms with Crippen LogP contribution in [0.25, 0.3) is 11.4 Å². The number of amides is 2. The molecule has 33 heavy (non-hydrogen) atoms. The fourth-order valence-electron chi connectivity index (χ4n) is 4.87. The van der Waals surface area contributed by atoms with Crippen molar-refractivity contribution in [2.45, 2.75) is 31.6 Å². The van der Waals surface area contributed by atoms with E-state index in [1.54, 1.807) is 0 Å². The Labute approximate surface area is 194 Å². The third-order valence-corrected chi connectivity index (χ3v) is 6.37. The van der Waals surface area contributed by atoms with Gasteiger partial charge >= 0.3 is 0 Å². The molecule has 0 aromatic heterocycles. The molecule has 0 atom stereocenters. The van der Waals surface area contributed by atoms with Crippen LogP contribution in [0.5, 0.6) is 0 Å². The van der Waals surface area contributed by atoms with Gasteiger partial charge in [-0.2, -0.15) is 0 Å². The van der Waals surface area contributed by atoms with Crippen molar-refractivity contribution in [1.29, 1.82) is 0 Å². The van der Waals surface area contributed by atoms with E-state index in [9.17, 15) is 9.59 Å². The average molecular weight is 435 g/mol. The second kappa shape index (κ2) is 9.29. The maximum absolute atomic E-state index is 12.4. The Kier molecular flexibility index (Phi) is 5.90. The Morgan fingerprint density at radius 3 is 1.33 bits per heavy atom. The first-order valence-corrected chi connectivity index (χ1v) is 11.4. The zero-order valence-electron chi connectivity index (χ0n) is 18.4. The Morgan fingerprint density at radius 2 is 0.909 bits per heavy atom. The van der Waals surface area contributed by atoms with Crippen LogP contribution in [0.3, 0.4) is 0 Å². The normalized spacial score (nSPS) is 16.6. The summed E-state index contributed by atoms with van der Waals surface area (Å²) < 4.78 is 0. The molecule has 0 saturated carbocycles. The van der Waals surface area contributed by atoms with Gasteiger partial charge in [-0.25, -0.2) is 0 Å². The third kappa shape index (κ3) is 4.37. The van der Waals surface area contributed by atoms with Crippen LogP contribution in [0.2, 0.25) is 0 Å². The van der Waals surface area contributed by atoms with Crippen LogP contribution in [0.4, 0.5) is 0 Å². The van der Waals surface area contributed by atoms with Gasteiger partial charge in [-0.05, 0) is 40.7 Å². The van der Waals surface area contributed by atoms with Crippen LogP contribution in [0.15, 0.2) is 102 Å². The molecular formula is C29H26N2O2. The molecule has 3 aromatic carbocycles. The molecule has 0 unspecified atom stereocenters. The largest absolute Gasteiger partial charge is 0.326 e. The Bertz CT molecular complexity index is 1150. The van der Waals surface area contributed by atoms with Gasteiger partial charge in [0.1, 0.15) is 0 Å². The van der Waals surface area contributed by atoms with Gasteiger partial charge in [-0.1, -0.05) is 91.0 Å². The van der Waals surface area contributed by atoms with Crippen molar-refractivity contribution in [1.82, 2.24) is 10.6 Å². The zero-order chi connectivity index (χ0) is 22.6. The molecular weight excluding hydrogens is 408 g/mol. The molecule has 2 aliphatic heterocycles. The summed E-state index contributed by atoms with van der Waals surface area (Å²) in [5.74, 6) is 0.0371. The molecule has 0 aliphatic carbocycles. The molecule has 2 heterocycles. The summed E-state index contributed by atoms with van der Waals surface area (Å²) in [5, 5.41) is 6.33. The summed E-state index contributed by atoms with van der Waals surface area (Å²) in [6.07, 6.45) is 2.26. The highest BCUT2D eigenvalue weighted by Gasteiger charge is 2.33. The van der Waals surface area contributed by atoms with E-state index in [0.717, 1.165) is 28.1 Å². The number of hydrogen-bond donors (Lipinski definition) is 2. The predicted octanol–water partition coefficient (Wildman–Crippen LogP) is 5.41. The molecule has 2 amide bonds. The van der Waals surface area contributed by atoms with Crippen molar-refractivity contribution in [2.75, 3.05) is 0 Å². The Hall–Kier alpha value is -3.92. The van der Waals surface area contributed by atoms with Gasteiger partial charge in [0.25, 0.3) is 0 Å². The minimum absolute atomic E-state index is 0.0404. The standard InChI is InChI=1S/C29H26N2O2/c32-25-18-16-23(28(30-25)21-12-6-2-7-13-21)27(20-10-4-1-5-11-20)24-17-19-26(33)31-29(24)22-14-8-3-9-15-22/h1-15,27H,16-19H2,(H,30,32)(H,31,33). The highest BCUT2D eigenvalue weighted by molar-refractivity contribution is 5.93. The number of benzene rings is 3. The monoisotopic (exact) mass is 434 g/mol. The zero-order valence-corrected chi connectivity index (χ0v) is 18.4. The highest BCUT2D eigenvalue weighted by atomic mass is 16.2. The van der Waals surface area contributed by atoms with E-state index < -0.39 is 0 Å². The fraction of sp³-hybridized carbons (Fsp3) is 0.172. The molecule has 0 saturated heterocycles. The average Bonchev–Trinajstić information content (AvgIpc) is 2.87. The highest BCUT2D eigenvalue weighted by Crippen LogP contribution is 2.44. The minimum Gasteiger partial charge on any atom is -0.326 e. The molecule has 4 nitrogen and oxygen atoms in total. The van der Waals surface area contributed by atoms with Crippen LogP contribution >= 0.6 is 0 Å². The van der Waals surface area contributed by atoms with Crippen molar-refractivity contribution >= 4 is 23.2 Å². The van der Waals surface area contributed by atoms with Crippen LogP contribution < -0.4 is 10.6 Å². The molecule has 164 valence electrons. The van der Waals surface area contributed by atoms with E-state index in [1.807, 2.05) is 66.7 Å². The smallest absolute Gasteiger partial charge is 0.224 e. The number of carbonyl (C=O) groups is 2. The van der Waals surface area contributed by atoms with Crippen molar-refractivity contribution in [3.63, 3.8) is 0 Å². The first-order chi connectivity index (χ1) is 16.2. The van der Waals surface area contributed by atoms with Crippen LogP contribution in [-0.2, 0) is 9.59 Å².